The van der Waals surface area contributed by atoms with Crippen LogP contribution >= 0.6 is 0 Å². The van der Waals surface area contributed by atoms with Crippen LogP contribution in [-0.4, -0.2) is 57.5 Å². The Morgan fingerprint density at radius 3 is 2.13 bits per heavy atom. The molecule has 2 N–H and O–H groups in total. The number of hydrogen-bond donors (Lipinski definition) is 2. The summed E-state index contributed by atoms with van der Waals surface area (Å²) < 4.78 is 96.1. The Hall–Kier alpha value is -2.90. The van der Waals surface area contributed by atoms with Crippen molar-refractivity contribution in [3.8, 4) is 11.5 Å². The lowest BCUT2D eigenvalue weighted by molar-refractivity contribution is -0.305. The third kappa shape index (κ3) is 6.30. The fourth-order valence-corrected chi connectivity index (χ4v) is 2.05. The van der Waals surface area contributed by atoms with Gasteiger partial charge in [0.05, 0.1) is 26.5 Å². The summed E-state index contributed by atoms with van der Waals surface area (Å²) in [4.78, 5) is 24.1. The molecule has 0 bridgehead atoms. The molecule has 8 nitrogen and oxygen atoms in total. The highest BCUT2D eigenvalue weighted by Crippen LogP contribution is 2.35. The summed E-state index contributed by atoms with van der Waals surface area (Å²) >= 11 is 0. The molecule has 0 saturated carbocycles. The van der Waals surface area contributed by atoms with E-state index >= 15 is 0 Å². The van der Waals surface area contributed by atoms with Gasteiger partial charge in [-0.2, -0.15) is 26.3 Å². The minimum absolute atomic E-state index is 0.0468. The number of amides is 2. The van der Waals surface area contributed by atoms with Gasteiger partial charge >= 0.3 is 30.1 Å². The van der Waals surface area contributed by atoms with E-state index in [1.54, 1.807) is 0 Å². The molecule has 170 valence electrons. The van der Waals surface area contributed by atoms with Crippen molar-refractivity contribution in [2.24, 2.45) is 0 Å². The van der Waals surface area contributed by atoms with Crippen LogP contribution in [0.1, 0.15) is 6.92 Å². The first-order chi connectivity index (χ1) is 13.8. The lowest BCUT2D eigenvalue weighted by Crippen LogP contribution is -2.67. The second kappa shape index (κ2) is 9.73. The first-order valence-electron chi connectivity index (χ1n) is 8.05. The second-order valence-electron chi connectivity index (χ2n) is 5.45. The topological polar surface area (TPSA) is 95.1 Å². The zero-order valence-electron chi connectivity index (χ0n) is 15.9. The van der Waals surface area contributed by atoms with Crippen LogP contribution in [0.4, 0.5) is 36.8 Å². The predicted molar refractivity (Wildman–Crippen MR) is 89.1 cm³/mol. The average molecular weight is 448 g/mol. The smallest absolute Gasteiger partial charge is 0.448 e. The number of urea groups is 1. The molecule has 0 saturated heterocycles. The fraction of sp³-hybridized carbons (Fsp3) is 0.500. The summed E-state index contributed by atoms with van der Waals surface area (Å²) in [6, 6.07) is 2.07. The average Bonchev–Trinajstić information content (AvgIpc) is 2.63. The lowest BCUT2D eigenvalue weighted by Gasteiger charge is -2.33. The highest BCUT2D eigenvalue weighted by molar-refractivity contribution is 5.95. The fourth-order valence-electron chi connectivity index (χ4n) is 2.05. The molecule has 2 amide bonds. The molecule has 0 radical (unpaired) electrons. The molecule has 0 heterocycles. The number of carbonyl (C=O) groups is 2. The molecular formula is C16H18F6N2O6. The van der Waals surface area contributed by atoms with Gasteiger partial charge in [0.1, 0.15) is 18.1 Å². The van der Waals surface area contributed by atoms with Gasteiger partial charge in [-0.15, -0.1) is 0 Å². The Labute approximate surface area is 166 Å². The number of ether oxygens (including phenoxy) is 4. The third-order valence-corrected chi connectivity index (χ3v) is 3.36. The van der Waals surface area contributed by atoms with Gasteiger partial charge < -0.3 is 24.3 Å². The molecule has 0 aliphatic rings. The van der Waals surface area contributed by atoms with Crippen molar-refractivity contribution in [3.05, 3.63) is 18.2 Å². The minimum atomic E-state index is -5.80. The van der Waals surface area contributed by atoms with Gasteiger partial charge in [-0.25, -0.2) is 9.59 Å². The number of rotatable bonds is 8. The van der Waals surface area contributed by atoms with Gasteiger partial charge in [0, 0.05) is 6.07 Å². The number of esters is 1. The number of halogens is 6. The van der Waals surface area contributed by atoms with E-state index in [1.165, 1.54) is 32.4 Å². The van der Waals surface area contributed by atoms with Gasteiger partial charge in [0.25, 0.3) is 0 Å². The number of anilines is 1. The van der Waals surface area contributed by atoms with Crippen LogP contribution in [0.2, 0.25) is 0 Å². The van der Waals surface area contributed by atoms with Crippen molar-refractivity contribution in [2.45, 2.75) is 25.0 Å². The SMILES string of the molecule is CCOC(=O)[C@@](NC(=O)Nc1ccc(OC)cc1OC)(OCC(F)(F)F)C(F)(F)F. The highest BCUT2D eigenvalue weighted by atomic mass is 19.4. The van der Waals surface area contributed by atoms with Gasteiger partial charge in [0.2, 0.25) is 0 Å². The first-order valence-corrected chi connectivity index (χ1v) is 8.05. The quantitative estimate of drug-likeness (QED) is 0.360. The Morgan fingerprint density at radius 1 is 1.03 bits per heavy atom. The number of nitrogens with one attached hydrogen (secondary N) is 2. The number of methoxy groups -OCH3 is 2. The molecule has 0 unspecified atom stereocenters. The summed E-state index contributed by atoms with van der Waals surface area (Å²) in [7, 11) is 2.51. The summed E-state index contributed by atoms with van der Waals surface area (Å²) in [6.07, 6.45) is -11.0. The largest absolute Gasteiger partial charge is 0.497 e. The maximum atomic E-state index is 13.6. The summed E-state index contributed by atoms with van der Waals surface area (Å²) in [5.74, 6) is -2.05. The van der Waals surface area contributed by atoms with Crippen molar-refractivity contribution in [1.82, 2.24) is 5.32 Å². The van der Waals surface area contributed by atoms with Crippen LogP contribution < -0.4 is 20.1 Å². The normalized spacial score (nSPS) is 13.8. The van der Waals surface area contributed by atoms with Crippen LogP contribution in [0.15, 0.2) is 18.2 Å². The molecule has 1 aromatic rings. The van der Waals surface area contributed by atoms with Crippen molar-refractivity contribution in [1.29, 1.82) is 0 Å². The van der Waals surface area contributed by atoms with E-state index in [4.69, 9.17) is 9.47 Å². The molecule has 1 atom stereocenters. The Kier molecular flexibility index (Phi) is 8.16. The van der Waals surface area contributed by atoms with Gasteiger partial charge in [-0.05, 0) is 19.1 Å². The zero-order valence-corrected chi connectivity index (χ0v) is 15.9. The molecule has 0 spiro atoms. The second-order valence-corrected chi connectivity index (χ2v) is 5.45. The van der Waals surface area contributed by atoms with Crippen LogP contribution in [0.5, 0.6) is 11.5 Å². The monoisotopic (exact) mass is 448 g/mol. The first kappa shape index (κ1) is 25.1. The van der Waals surface area contributed by atoms with Crippen LogP contribution in [0.25, 0.3) is 0 Å². The Bertz CT molecular complexity index is 755. The predicted octanol–water partition coefficient (Wildman–Crippen LogP) is 3.23. The third-order valence-electron chi connectivity index (χ3n) is 3.36. The standard InChI is InChI=1S/C16H18F6N2O6/c1-4-29-12(25)15(16(20,21)22,30-8-14(17,18)19)24-13(26)23-10-6-5-9(27-2)7-11(10)28-3/h5-7H,4,8H2,1-3H3,(H2,23,24,26)/t15-/m1/s1. The molecule has 14 heteroatoms. The molecule has 30 heavy (non-hydrogen) atoms. The molecule has 1 rings (SSSR count). The summed E-state index contributed by atoms with van der Waals surface area (Å²) in [5, 5.41) is 3.03. The molecule has 0 fully saturated rings. The van der Waals surface area contributed by atoms with Crippen LogP contribution in [-0.2, 0) is 14.3 Å². The number of hydrogen-bond acceptors (Lipinski definition) is 6. The Balaban J connectivity index is 3.25. The van der Waals surface area contributed by atoms with Gasteiger partial charge in [0.15, 0.2) is 0 Å². The molecule has 0 aromatic heterocycles. The van der Waals surface area contributed by atoms with Crippen LogP contribution in [0.3, 0.4) is 0 Å². The maximum Gasteiger partial charge on any atom is 0.448 e. The number of alkyl halides is 6. The number of carbonyl (C=O) groups excluding carboxylic acids is 2. The maximum absolute atomic E-state index is 13.6. The van der Waals surface area contributed by atoms with Crippen molar-refractivity contribution in [2.75, 3.05) is 32.8 Å². The minimum Gasteiger partial charge on any atom is -0.497 e. The Morgan fingerprint density at radius 2 is 1.67 bits per heavy atom. The van der Waals surface area contributed by atoms with Gasteiger partial charge in [-0.1, -0.05) is 0 Å². The zero-order chi connectivity index (χ0) is 23.2. The van der Waals surface area contributed by atoms with E-state index in [0.717, 1.165) is 12.2 Å². The van der Waals surface area contributed by atoms with Crippen molar-refractivity contribution < 1.29 is 54.9 Å². The highest BCUT2D eigenvalue weighted by Gasteiger charge is 2.66. The molecule has 1 aromatic carbocycles. The molecule has 0 aliphatic carbocycles. The lowest BCUT2D eigenvalue weighted by atomic mass is 10.2. The molecular weight excluding hydrogens is 430 g/mol. The number of benzene rings is 1. The summed E-state index contributed by atoms with van der Waals surface area (Å²) in [5.41, 5.74) is -4.59. The van der Waals surface area contributed by atoms with E-state index in [1.807, 2.05) is 5.32 Å². The van der Waals surface area contributed by atoms with E-state index < -0.39 is 43.3 Å². The van der Waals surface area contributed by atoms with Crippen molar-refractivity contribution in [3.63, 3.8) is 0 Å². The van der Waals surface area contributed by atoms with Crippen molar-refractivity contribution >= 4 is 17.7 Å². The van der Waals surface area contributed by atoms with E-state index in [9.17, 15) is 35.9 Å². The summed E-state index contributed by atoms with van der Waals surface area (Å²) in [6.45, 7) is -2.00. The van der Waals surface area contributed by atoms with E-state index in [-0.39, 0.29) is 17.2 Å². The molecule has 0 aliphatic heterocycles. The van der Waals surface area contributed by atoms with Crippen LogP contribution in [0, 0.1) is 0 Å². The van der Waals surface area contributed by atoms with E-state index in [0.29, 0.717) is 0 Å². The van der Waals surface area contributed by atoms with E-state index in [2.05, 4.69) is 9.47 Å². The van der Waals surface area contributed by atoms with Gasteiger partial charge in [-0.3, -0.25) is 5.32 Å².